The van der Waals surface area contributed by atoms with Crippen molar-refractivity contribution in [3.63, 3.8) is 0 Å². The fraction of sp³-hybridized carbons (Fsp3) is 0.222. The zero-order valence-electron chi connectivity index (χ0n) is 7.58. The van der Waals surface area contributed by atoms with Gasteiger partial charge in [-0.1, -0.05) is 11.6 Å². The van der Waals surface area contributed by atoms with Crippen LogP contribution in [0.1, 0.15) is 11.9 Å². The van der Waals surface area contributed by atoms with Gasteiger partial charge in [-0.05, 0) is 6.07 Å². The molecule has 2 rings (SSSR count). The zero-order valence-corrected chi connectivity index (χ0v) is 8.33. The van der Waals surface area contributed by atoms with Crippen molar-refractivity contribution in [1.82, 2.24) is 4.98 Å². The molecule has 0 saturated heterocycles. The van der Waals surface area contributed by atoms with E-state index in [4.69, 9.17) is 26.9 Å². The maximum absolute atomic E-state index is 13.0. The summed E-state index contributed by atoms with van der Waals surface area (Å²) in [7, 11) is 0. The van der Waals surface area contributed by atoms with E-state index in [1.807, 2.05) is 0 Å². The standard InChI is InChI=1S/C9H8ClFN2O2/c10-4-1-7-8(2-5(4)11)15-9(13-7)6(12)3-14/h1-2,6,14H,3,12H2. The van der Waals surface area contributed by atoms with Crippen LogP contribution in [0.4, 0.5) is 4.39 Å². The summed E-state index contributed by atoms with van der Waals surface area (Å²) < 4.78 is 18.2. The van der Waals surface area contributed by atoms with Crippen LogP contribution in [0, 0.1) is 5.82 Å². The summed E-state index contributed by atoms with van der Waals surface area (Å²) in [5.74, 6) is -0.418. The second-order valence-corrected chi connectivity index (χ2v) is 3.48. The molecule has 3 N–H and O–H groups in total. The maximum Gasteiger partial charge on any atom is 0.214 e. The number of hydrogen-bond donors (Lipinski definition) is 2. The molecule has 2 aromatic rings. The van der Waals surface area contributed by atoms with E-state index in [1.165, 1.54) is 6.07 Å². The number of rotatable bonds is 2. The van der Waals surface area contributed by atoms with Gasteiger partial charge in [0.1, 0.15) is 17.4 Å². The molecular formula is C9H8ClFN2O2. The molecule has 0 amide bonds. The van der Waals surface area contributed by atoms with Gasteiger partial charge in [-0.25, -0.2) is 9.37 Å². The van der Waals surface area contributed by atoms with Crippen LogP contribution in [0.15, 0.2) is 16.5 Å². The average molecular weight is 231 g/mol. The molecule has 0 fully saturated rings. The molecule has 0 saturated carbocycles. The number of aliphatic hydroxyl groups is 1. The highest BCUT2D eigenvalue weighted by molar-refractivity contribution is 6.31. The van der Waals surface area contributed by atoms with E-state index in [-0.39, 0.29) is 23.1 Å². The van der Waals surface area contributed by atoms with Gasteiger partial charge in [0, 0.05) is 6.07 Å². The minimum absolute atomic E-state index is 0.0279. The Morgan fingerprint density at radius 2 is 2.33 bits per heavy atom. The molecule has 6 heteroatoms. The Morgan fingerprint density at radius 3 is 3.00 bits per heavy atom. The highest BCUT2D eigenvalue weighted by Crippen LogP contribution is 2.24. The molecule has 0 aliphatic heterocycles. The number of aromatic nitrogens is 1. The minimum Gasteiger partial charge on any atom is -0.439 e. The van der Waals surface area contributed by atoms with Crippen molar-refractivity contribution in [2.75, 3.05) is 6.61 Å². The first-order valence-corrected chi connectivity index (χ1v) is 4.61. The molecule has 0 spiro atoms. The van der Waals surface area contributed by atoms with Gasteiger partial charge < -0.3 is 15.3 Å². The van der Waals surface area contributed by atoms with Crippen molar-refractivity contribution in [3.8, 4) is 0 Å². The van der Waals surface area contributed by atoms with Crippen molar-refractivity contribution in [1.29, 1.82) is 0 Å². The highest BCUT2D eigenvalue weighted by Gasteiger charge is 2.14. The Bertz CT molecular complexity index is 461. The molecule has 1 aromatic carbocycles. The normalized spacial score (nSPS) is 13.3. The zero-order chi connectivity index (χ0) is 11.0. The van der Waals surface area contributed by atoms with Crippen molar-refractivity contribution in [2.24, 2.45) is 5.73 Å². The van der Waals surface area contributed by atoms with Gasteiger partial charge in [0.15, 0.2) is 5.58 Å². The van der Waals surface area contributed by atoms with Crippen LogP contribution in [0.5, 0.6) is 0 Å². The molecule has 0 bridgehead atoms. The van der Waals surface area contributed by atoms with E-state index in [0.29, 0.717) is 5.52 Å². The van der Waals surface area contributed by atoms with Crippen LogP contribution in [-0.4, -0.2) is 16.7 Å². The van der Waals surface area contributed by atoms with Crippen LogP contribution in [0.2, 0.25) is 5.02 Å². The Kier molecular flexibility index (Phi) is 2.60. The molecule has 1 heterocycles. The maximum atomic E-state index is 13.0. The molecule has 0 aliphatic rings. The highest BCUT2D eigenvalue weighted by atomic mass is 35.5. The Labute approximate surface area is 89.5 Å². The number of aliphatic hydroxyl groups excluding tert-OH is 1. The van der Waals surface area contributed by atoms with Crippen LogP contribution in [0.3, 0.4) is 0 Å². The summed E-state index contributed by atoms with van der Waals surface area (Å²) in [6.07, 6.45) is 0. The number of fused-ring (bicyclic) bond motifs is 1. The summed E-state index contributed by atoms with van der Waals surface area (Å²) in [5.41, 5.74) is 6.18. The van der Waals surface area contributed by atoms with Crippen molar-refractivity contribution >= 4 is 22.7 Å². The van der Waals surface area contributed by atoms with E-state index in [2.05, 4.69) is 4.98 Å². The lowest BCUT2D eigenvalue weighted by Gasteiger charge is -1.99. The third-order valence-electron chi connectivity index (χ3n) is 1.96. The molecule has 1 unspecified atom stereocenters. The molecule has 15 heavy (non-hydrogen) atoms. The number of hydrogen-bond acceptors (Lipinski definition) is 4. The van der Waals surface area contributed by atoms with Gasteiger partial charge >= 0.3 is 0 Å². The van der Waals surface area contributed by atoms with Crippen LogP contribution >= 0.6 is 11.6 Å². The van der Waals surface area contributed by atoms with Gasteiger partial charge in [-0.15, -0.1) is 0 Å². The molecule has 1 atom stereocenters. The quantitative estimate of drug-likeness (QED) is 0.822. The Hall–Kier alpha value is -1.17. The van der Waals surface area contributed by atoms with Crippen molar-refractivity contribution < 1.29 is 13.9 Å². The number of benzene rings is 1. The van der Waals surface area contributed by atoms with Crippen LogP contribution < -0.4 is 5.73 Å². The predicted octanol–water partition coefficient (Wildman–Crippen LogP) is 1.61. The average Bonchev–Trinajstić information content (AvgIpc) is 2.60. The summed E-state index contributed by atoms with van der Waals surface area (Å²) in [5, 5.41) is 8.77. The van der Waals surface area contributed by atoms with Crippen molar-refractivity contribution in [3.05, 3.63) is 28.9 Å². The van der Waals surface area contributed by atoms with E-state index in [0.717, 1.165) is 6.07 Å². The molecule has 0 aliphatic carbocycles. The fourth-order valence-electron chi connectivity index (χ4n) is 1.18. The third kappa shape index (κ3) is 1.81. The summed E-state index contributed by atoms with van der Waals surface area (Å²) >= 11 is 5.57. The molecule has 80 valence electrons. The van der Waals surface area contributed by atoms with Gasteiger partial charge in [-0.3, -0.25) is 0 Å². The second-order valence-electron chi connectivity index (χ2n) is 3.08. The van der Waals surface area contributed by atoms with Crippen molar-refractivity contribution in [2.45, 2.75) is 6.04 Å². The van der Waals surface area contributed by atoms with Crippen LogP contribution in [0.25, 0.3) is 11.1 Å². The molecular weight excluding hydrogens is 223 g/mol. The first-order chi connectivity index (χ1) is 7.11. The molecule has 0 radical (unpaired) electrons. The topological polar surface area (TPSA) is 72.3 Å². The number of oxazole rings is 1. The number of nitrogens with two attached hydrogens (primary N) is 1. The third-order valence-corrected chi connectivity index (χ3v) is 2.25. The SMILES string of the molecule is NC(CO)c1nc2cc(Cl)c(F)cc2o1. The first-order valence-electron chi connectivity index (χ1n) is 4.23. The molecule has 1 aromatic heterocycles. The Morgan fingerprint density at radius 1 is 1.60 bits per heavy atom. The summed E-state index contributed by atoms with van der Waals surface area (Å²) in [6.45, 7) is -0.289. The van der Waals surface area contributed by atoms with E-state index in [9.17, 15) is 4.39 Å². The molecule has 4 nitrogen and oxygen atoms in total. The second kappa shape index (κ2) is 3.77. The minimum atomic E-state index is -0.709. The summed E-state index contributed by atoms with van der Waals surface area (Å²) in [6, 6.07) is 1.78. The van der Waals surface area contributed by atoms with Gasteiger partial charge in [0.2, 0.25) is 5.89 Å². The smallest absolute Gasteiger partial charge is 0.214 e. The van der Waals surface area contributed by atoms with E-state index in [1.54, 1.807) is 0 Å². The lowest BCUT2D eigenvalue weighted by atomic mass is 10.3. The number of halogens is 2. The lowest BCUT2D eigenvalue weighted by Crippen LogP contribution is -2.14. The fourth-order valence-corrected chi connectivity index (χ4v) is 1.34. The van der Waals surface area contributed by atoms with Gasteiger partial charge in [-0.2, -0.15) is 0 Å². The monoisotopic (exact) mass is 230 g/mol. The van der Waals surface area contributed by atoms with E-state index >= 15 is 0 Å². The predicted molar refractivity (Wildman–Crippen MR) is 53.0 cm³/mol. The van der Waals surface area contributed by atoms with Gasteiger partial charge in [0.25, 0.3) is 0 Å². The van der Waals surface area contributed by atoms with Crippen LogP contribution in [-0.2, 0) is 0 Å². The Balaban J connectivity index is 2.56. The first kappa shape index (κ1) is 10.4. The summed E-state index contributed by atoms with van der Waals surface area (Å²) in [4.78, 5) is 3.98. The van der Waals surface area contributed by atoms with Gasteiger partial charge in [0.05, 0.1) is 11.6 Å². The lowest BCUT2D eigenvalue weighted by molar-refractivity contribution is 0.250. The van der Waals surface area contributed by atoms with E-state index < -0.39 is 11.9 Å². The number of nitrogens with zero attached hydrogens (tertiary/aromatic N) is 1. The largest absolute Gasteiger partial charge is 0.439 e.